The van der Waals surface area contributed by atoms with Gasteiger partial charge in [0.05, 0.1) is 5.69 Å². The fourth-order valence-electron chi connectivity index (χ4n) is 6.25. The van der Waals surface area contributed by atoms with E-state index < -0.39 is 26.9 Å². The molecule has 3 aromatic rings. The largest absolute Gasteiger partial charge is 0.368 e. The van der Waals surface area contributed by atoms with Gasteiger partial charge >= 0.3 is 0 Å². The second-order valence-electron chi connectivity index (χ2n) is 10.2. The number of piperidine rings is 1. The SMILES string of the molecule is CC[C@H]1CC[C@H](c2ccccc2)S(=O)(=O)N1Cc1cc(F)c(N2C[C@@H]3[C@H](C2)[C@H]3n2cnnc2)cc1F. The summed E-state index contributed by atoms with van der Waals surface area (Å²) in [6.45, 7) is 3.04. The van der Waals surface area contributed by atoms with Crippen molar-refractivity contribution in [3.05, 3.63) is 77.9 Å². The quantitative estimate of drug-likeness (QED) is 0.491. The summed E-state index contributed by atoms with van der Waals surface area (Å²) in [4.78, 5) is 1.89. The van der Waals surface area contributed by atoms with E-state index in [1.165, 1.54) is 16.4 Å². The first-order chi connectivity index (χ1) is 17.4. The minimum Gasteiger partial charge on any atom is -0.368 e. The number of halogens is 2. The Kier molecular flexibility index (Phi) is 5.83. The zero-order valence-corrected chi connectivity index (χ0v) is 20.9. The van der Waals surface area contributed by atoms with E-state index in [9.17, 15) is 8.42 Å². The van der Waals surface area contributed by atoms with E-state index in [4.69, 9.17) is 0 Å². The molecule has 0 N–H and O–H groups in total. The number of anilines is 1. The molecule has 2 aromatic carbocycles. The van der Waals surface area contributed by atoms with Crippen molar-refractivity contribution in [2.75, 3.05) is 18.0 Å². The third-order valence-electron chi connectivity index (χ3n) is 8.21. The molecule has 36 heavy (non-hydrogen) atoms. The van der Waals surface area contributed by atoms with Crippen LogP contribution in [0.15, 0.2) is 55.1 Å². The molecule has 6 rings (SSSR count). The van der Waals surface area contributed by atoms with Gasteiger partial charge in [0.15, 0.2) is 0 Å². The lowest BCUT2D eigenvalue weighted by molar-refractivity contribution is 0.256. The Labute approximate surface area is 209 Å². The van der Waals surface area contributed by atoms with Crippen LogP contribution in [0.2, 0.25) is 0 Å². The maximum absolute atomic E-state index is 15.3. The Morgan fingerprint density at radius 1 is 0.972 bits per heavy atom. The molecule has 10 heteroatoms. The van der Waals surface area contributed by atoms with Crippen LogP contribution in [0.1, 0.15) is 48.6 Å². The molecule has 3 fully saturated rings. The first-order valence-corrected chi connectivity index (χ1v) is 14.0. The van der Waals surface area contributed by atoms with Crippen molar-refractivity contribution >= 4 is 15.7 Å². The molecule has 1 saturated carbocycles. The molecule has 0 spiro atoms. The molecule has 0 radical (unpaired) electrons. The summed E-state index contributed by atoms with van der Waals surface area (Å²) in [5.74, 6) is -0.367. The van der Waals surface area contributed by atoms with Gasteiger partial charge in [-0.25, -0.2) is 17.2 Å². The number of nitrogens with zero attached hydrogens (tertiary/aromatic N) is 5. The molecule has 0 bridgehead atoms. The van der Waals surface area contributed by atoms with Crippen LogP contribution >= 0.6 is 0 Å². The third-order valence-corrected chi connectivity index (χ3v) is 10.5. The zero-order valence-electron chi connectivity index (χ0n) is 20.0. The number of fused-ring (bicyclic) bond motifs is 1. The van der Waals surface area contributed by atoms with Gasteiger partial charge in [-0.1, -0.05) is 37.3 Å². The Balaban J connectivity index is 1.22. The highest BCUT2D eigenvalue weighted by molar-refractivity contribution is 7.89. The smallest absolute Gasteiger partial charge is 0.221 e. The van der Waals surface area contributed by atoms with Crippen LogP contribution in [0.25, 0.3) is 0 Å². The van der Waals surface area contributed by atoms with Crippen LogP contribution in [-0.2, 0) is 16.6 Å². The number of sulfonamides is 1. The molecule has 0 amide bonds. The van der Waals surface area contributed by atoms with Crippen LogP contribution in [0.3, 0.4) is 0 Å². The maximum atomic E-state index is 15.3. The van der Waals surface area contributed by atoms with Crippen LogP contribution in [0.4, 0.5) is 14.5 Å². The van der Waals surface area contributed by atoms with Crippen LogP contribution in [0.5, 0.6) is 0 Å². The van der Waals surface area contributed by atoms with Gasteiger partial charge in [0.2, 0.25) is 10.0 Å². The Hall–Kier alpha value is -2.85. The maximum Gasteiger partial charge on any atom is 0.221 e. The molecule has 2 saturated heterocycles. The monoisotopic (exact) mass is 513 g/mol. The molecule has 3 aliphatic rings. The minimum atomic E-state index is -3.74. The fraction of sp³-hybridized carbons (Fsp3) is 0.462. The highest BCUT2D eigenvalue weighted by Gasteiger charge is 2.57. The average molecular weight is 514 g/mol. The zero-order chi connectivity index (χ0) is 25.0. The lowest BCUT2D eigenvalue weighted by atomic mass is 10.0. The van der Waals surface area contributed by atoms with E-state index in [0.29, 0.717) is 50.2 Å². The topological polar surface area (TPSA) is 71.3 Å². The van der Waals surface area contributed by atoms with Gasteiger partial charge in [0, 0.05) is 55.2 Å². The Morgan fingerprint density at radius 3 is 2.33 bits per heavy atom. The van der Waals surface area contributed by atoms with Crippen molar-refractivity contribution in [2.45, 2.75) is 50.1 Å². The lowest BCUT2D eigenvalue weighted by Crippen LogP contribution is -2.46. The summed E-state index contributed by atoms with van der Waals surface area (Å²) >= 11 is 0. The molecule has 1 aliphatic carbocycles. The van der Waals surface area contributed by atoms with Gasteiger partial charge in [-0.2, -0.15) is 4.31 Å². The highest BCUT2D eigenvalue weighted by atomic mass is 32.2. The molecular formula is C26H29F2N5O2S. The normalized spacial score (nSPS) is 29.3. The summed E-state index contributed by atoms with van der Waals surface area (Å²) in [6.07, 6.45) is 5.21. The summed E-state index contributed by atoms with van der Waals surface area (Å²) in [7, 11) is -3.74. The van der Waals surface area contributed by atoms with Gasteiger partial charge in [0.25, 0.3) is 0 Å². The molecule has 190 valence electrons. The van der Waals surface area contributed by atoms with Crippen LogP contribution < -0.4 is 4.90 Å². The van der Waals surface area contributed by atoms with Gasteiger partial charge in [-0.05, 0) is 30.9 Å². The first-order valence-electron chi connectivity index (χ1n) is 12.5. The number of hydrogen-bond acceptors (Lipinski definition) is 5. The van der Waals surface area contributed by atoms with E-state index in [2.05, 4.69) is 10.2 Å². The van der Waals surface area contributed by atoms with Gasteiger partial charge in [-0.15, -0.1) is 10.2 Å². The molecule has 0 unspecified atom stereocenters. The Morgan fingerprint density at radius 2 is 1.67 bits per heavy atom. The van der Waals surface area contributed by atoms with Crippen molar-refractivity contribution in [1.82, 2.24) is 19.1 Å². The standard InChI is InChI=1S/C26H29F2N5O2S/c1-2-19-8-9-25(17-6-4-3-5-7-17)36(34,35)33(19)12-18-10-23(28)24(11-22(18)27)31-13-20-21(14-31)26(20)32-15-29-30-16-32/h3-7,10-11,15-16,19-21,25-26H,2,8-9,12-14H2,1H3/t19-,20-,21+,25+,26+/m0/s1. The number of hydrogen-bond donors (Lipinski definition) is 0. The van der Waals surface area contributed by atoms with Gasteiger partial charge in [0.1, 0.15) is 29.5 Å². The summed E-state index contributed by atoms with van der Waals surface area (Å²) in [5, 5.41) is 7.04. The predicted molar refractivity (Wildman–Crippen MR) is 132 cm³/mol. The van der Waals surface area contributed by atoms with Gasteiger partial charge in [-0.3, -0.25) is 0 Å². The van der Waals surface area contributed by atoms with E-state index in [-0.39, 0.29) is 23.8 Å². The average Bonchev–Trinajstić information content (AvgIpc) is 3.24. The summed E-state index contributed by atoms with van der Waals surface area (Å²) < 4.78 is 61.2. The fourth-order valence-corrected chi connectivity index (χ4v) is 8.50. The van der Waals surface area contributed by atoms with E-state index in [1.807, 2.05) is 46.7 Å². The second-order valence-corrected chi connectivity index (χ2v) is 12.2. The van der Waals surface area contributed by atoms with Crippen LogP contribution in [0, 0.1) is 23.5 Å². The minimum absolute atomic E-state index is 0.0682. The van der Waals surface area contributed by atoms with Gasteiger partial charge < -0.3 is 9.47 Å². The lowest BCUT2D eigenvalue weighted by Gasteiger charge is -2.39. The molecule has 1 aromatic heterocycles. The highest BCUT2D eigenvalue weighted by Crippen LogP contribution is 2.56. The van der Waals surface area contributed by atoms with Crippen molar-refractivity contribution in [2.24, 2.45) is 11.8 Å². The molecule has 7 nitrogen and oxygen atoms in total. The third kappa shape index (κ3) is 3.91. The molecular weight excluding hydrogens is 484 g/mol. The van der Waals surface area contributed by atoms with Crippen LogP contribution in [-0.4, -0.2) is 46.6 Å². The Bertz CT molecular complexity index is 1340. The summed E-state index contributed by atoms with van der Waals surface area (Å²) in [6, 6.07) is 11.6. The first kappa shape index (κ1) is 23.5. The number of aromatic nitrogens is 3. The number of benzene rings is 2. The second kappa shape index (κ2) is 8.92. The summed E-state index contributed by atoms with van der Waals surface area (Å²) in [5.41, 5.74) is 1.04. The van der Waals surface area contributed by atoms with E-state index >= 15 is 8.78 Å². The van der Waals surface area contributed by atoms with Crippen molar-refractivity contribution in [3.63, 3.8) is 0 Å². The van der Waals surface area contributed by atoms with Crippen molar-refractivity contribution < 1.29 is 17.2 Å². The van der Waals surface area contributed by atoms with E-state index in [0.717, 1.165) is 5.56 Å². The van der Waals surface area contributed by atoms with E-state index in [1.54, 1.807) is 12.7 Å². The predicted octanol–water partition coefficient (Wildman–Crippen LogP) is 4.31. The number of rotatable bonds is 6. The van der Waals surface area contributed by atoms with Crippen molar-refractivity contribution in [1.29, 1.82) is 0 Å². The van der Waals surface area contributed by atoms with Crippen molar-refractivity contribution in [3.8, 4) is 0 Å². The molecule has 2 aliphatic heterocycles. The molecule has 3 heterocycles. The molecule has 5 atom stereocenters.